The van der Waals surface area contributed by atoms with Crippen molar-refractivity contribution in [3.8, 4) is 17.8 Å². The van der Waals surface area contributed by atoms with Gasteiger partial charge in [-0.1, -0.05) is 0 Å². The summed E-state index contributed by atoms with van der Waals surface area (Å²) in [6, 6.07) is 5.78. The van der Waals surface area contributed by atoms with Gasteiger partial charge in [-0.15, -0.1) is 0 Å². The molecule has 0 spiro atoms. The average Bonchev–Trinajstić information content (AvgIpc) is 2.34. The lowest BCUT2D eigenvalue weighted by atomic mass is 10.2. The molecule has 1 heterocycles. The number of nitriles is 1. The number of hydrogen-bond acceptors (Lipinski definition) is 4. The summed E-state index contributed by atoms with van der Waals surface area (Å²) in [5.74, 6) is -0.651. The molecule has 2 rings (SSSR count). The highest BCUT2D eigenvalue weighted by Gasteiger charge is 2.07. The van der Waals surface area contributed by atoms with Crippen LogP contribution in [0.1, 0.15) is 5.56 Å². The Labute approximate surface area is 105 Å². The lowest BCUT2D eigenvalue weighted by Crippen LogP contribution is -1.93. The van der Waals surface area contributed by atoms with E-state index in [1.807, 2.05) is 6.07 Å². The van der Waals surface area contributed by atoms with Crippen molar-refractivity contribution < 1.29 is 9.13 Å². The summed E-state index contributed by atoms with van der Waals surface area (Å²) in [6.07, 6.45) is 2.98. The minimum Gasteiger partial charge on any atom is -0.421 e. The Morgan fingerprint density at radius 3 is 2.59 bits per heavy atom. The maximum Gasteiger partial charge on any atom is 0.322 e. The summed E-state index contributed by atoms with van der Waals surface area (Å²) >= 11 is 3.17. The van der Waals surface area contributed by atoms with Crippen LogP contribution in [0.2, 0.25) is 0 Å². The lowest BCUT2D eigenvalue weighted by molar-refractivity contribution is 0.410. The summed E-state index contributed by atoms with van der Waals surface area (Å²) in [5, 5.41) is 8.59. The molecule has 0 radical (unpaired) electrons. The third-order valence-corrected chi connectivity index (χ3v) is 2.27. The molecule has 4 nitrogen and oxygen atoms in total. The standard InChI is InChI=1S/C11H5BrFN3O/c12-8-5-15-11(16-6-8)17-10-2-1-7(4-14)3-9(10)13/h1-3,5-6H. The first kappa shape index (κ1) is 11.5. The van der Waals surface area contributed by atoms with Crippen LogP contribution in [0.25, 0.3) is 0 Å². The number of ether oxygens (including phenoxy) is 1. The summed E-state index contributed by atoms with van der Waals surface area (Å²) < 4.78 is 19.3. The maximum absolute atomic E-state index is 13.5. The Kier molecular flexibility index (Phi) is 3.30. The predicted molar refractivity (Wildman–Crippen MR) is 60.9 cm³/mol. The summed E-state index contributed by atoms with van der Waals surface area (Å²) in [5.41, 5.74) is 0.228. The molecule has 0 saturated carbocycles. The number of benzene rings is 1. The van der Waals surface area contributed by atoms with E-state index in [0.717, 1.165) is 6.07 Å². The molecule has 0 saturated heterocycles. The third-order valence-electron chi connectivity index (χ3n) is 1.86. The van der Waals surface area contributed by atoms with Crippen LogP contribution in [0.5, 0.6) is 11.8 Å². The molecule has 17 heavy (non-hydrogen) atoms. The smallest absolute Gasteiger partial charge is 0.322 e. The zero-order valence-electron chi connectivity index (χ0n) is 8.39. The van der Waals surface area contributed by atoms with Gasteiger partial charge in [0.15, 0.2) is 11.6 Å². The normalized spacial score (nSPS) is 9.71. The van der Waals surface area contributed by atoms with Gasteiger partial charge < -0.3 is 4.74 Å². The molecule has 0 aliphatic carbocycles. The van der Waals surface area contributed by atoms with E-state index in [1.165, 1.54) is 24.5 Å². The molecule has 0 amide bonds. The van der Waals surface area contributed by atoms with Crippen molar-refractivity contribution in [1.29, 1.82) is 5.26 Å². The fraction of sp³-hybridized carbons (Fsp3) is 0. The molecular weight excluding hydrogens is 289 g/mol. The highest BCUT2D eigenvalue weighted by molar-refractivity contribution is 9.10. The van der Waals surface area contributed by atoms with E-state index in [0.29, 0.717) is 4.47 Å². The van der Waals surface area contributed by atoms with Crippen LogP contribution in [0.15, 0.2) is 35.1 Å². The third kappa shape index (κ3) is 2.77. The number of aromatic nitrogens is 2. The average molecular weight is 294 g/mol. The first-order chi connectivity index (χ1) is 8.19. The molecule has 2 aromatic rings. The maximum atomic E-state index is 13.5. The second kappa shape index (κ2) is 4.89. The molecule has 1 aromatic heterocycles. The molecule has 0 bridgehead atoms. The molecule has 0 fully saturated rings. The minimum absolute atomic E-state index is 0.0219. The zero-order chi connectivity index (χ0) is 12.3. The van der Waals surface area contributed by atoms with Gasteiger partial charge in [0.25, 0.3) is 0 Å². The Morgan fingerprint density at radius 2 is 2.00 bits per heavy atom. The Hall–Kier alpha value is -2.00. The molecular formula is C11H5BrFN3O. The summed E-state index contributed by atoms with van der Waals surface area (Å²) in [6.45, 7) is 0. The first-order valence-electron chi connectivity index (χ1n) is 4.54. The van der Waals surface area contributed by atoms with Gasteiger partial charge in [0.05, 0.1) is 16.1 Å². The van der Waals surface area contributed by atoms with Crippen LogP contribution in [-0.2, 0) is 0 Å². The van der Waals surface area contributed by atoms with Crippen molar-refractivity contribution in [3.63, 3.8) is 0 Å². The highest BCUT2D eigenvalue weighted by atomic mass is 79.9. The van der Waals surface area contributed by atoms with E-state index < -0.39 is 5.82 Å². The van der Waals surface area contributed by atoms with Gasteiger partial charge in [-0.2, -0.15) is 5.26 Å². The van der Waals surface area contributed by atoms with Crippen LogP contribution in [0.4, 0.5) is 4.39 Å². The second-order valence-corrected chi connectivity index (χ2v) is 3.96. The van der Waals surface area contributed by atoms with Gasteiger partial charge >= 0.3 is 6.01 Å². The summed E-state index contributed by atoms with van der Waals surface area (Å²) in [4.78, 5) is 7.69. The molecule has 0 atom stereocenters. The lowest BCUT2D eigenvalue weighted by Gasteiger charge is -2.04. The molecule has 0 aliphatic heterocycles. The molecule has 0 unspecified atom stereocenters. The Balaban J connectivity index is 2.25. The zero-order valence-corrected chi connectivity index (χ0v) is 9.98. The van der Waals surface area contributed by atoms with E-state index in [4.69, 9.17) is 10.00 Å². The monoisotopic (exact) mass is 293 g/mol. The number of halogens is 2. The van der Waals surface area contributed by atoms with Gasteiger partial charge in [0, 0.05) is 12.4 Å². The van der Waals surface area contributed by atoms with Gasteiger partial charge in [0.1, 0.15) is 0 Å². The van der Waals surface area contributed by atoms with E-state index in [2.05, 4.69) is 25.9 Å². The van der Waals surface area contributed by atoms with Crippen molar-refractivity contribution >= 4 is 15.9 Å². The van der Waals surface area contributed by atoms with Crippen molar-refractivity contribution in [2.75, 3.05) is 0 Å². The fourth-order valence-electron chi connectivity index (χ4n) is 1.10. The van der Waals surface area contributed by atoms with Gasteiger partial charge in [0.2, 0.25) is 0 Å². The Morgan fingerprint density at radius 1 is 1.29 bits per heavy atom. The topological polar surface area (TPSA) is 58.8 Å². The van der Waals surface area contributed by atoms with Gasteiger partial charge in [-0.05, 0) is 34.1 Å². The van der Waals surface area contributed by atoms with E-state index in [9.17, 15) is 4.39 Å². The predicted octanol–water partition coefficient (Wildman–Crippen LogP) is 3.04. The summed E-state index contributed by atoms with van der Waals surface area (Å²) in [7, 11) is 0. The van der Waals surface area contributed by atoms with Crippen LogP contribution in [-0.4, -0.2) is 9.97 Å². The Bertz CT molecular complexity index is 580. The SMILES string of the molecule is N#Cc1ccc(Oc2ncc(Br)cn2)c(F)c1. The number of nitrogens with zero attached hydrogens (tertiary/aromatic N) is 3. The number of rotatable bonds is 2. The van der Waals surface area contributed by atoms with Crippen LogP contribution in [0.3, 0.4) is 0 Å². The van der Waals surface area contributed by atoms with Gasteiger partial charge in [-0.25, -0.2) is 14.4 Å². The quantitative estimate of drug-likeness (QED) is 0.854. The number of hydrogen-bond donors (Lipinski definition) is 0. The van der Waals surface area contributed by atoms with E-state index >= 15 is 0 Å². The first-order valence-corrected chi connectivity index (χ1v) is 5.33. The van der Waals surface area contributed by atoms with Crippen molar-refractivity contribution in [3.05, 3.63) is 46.4 Å². The fourth-order valence-corrected chi connectivity index (χ4v) is 1.31. The molecule has 1 aromatic carbocycles. The van der Waals surface area contributed by atoms with Crippen molar-refractivity contribution in [2.45, 2.75) is 0 Å². The van der Waals surface area contributed by atoms with E-state index in [-0.39, 0.29) is 17.3 Å². The molecule has 6 heteroatoms. The van der Waals surface area contributed by atoms with Crippen LogP contribution in [0, 0.1) is 17.1 Å². The van der Waals surface area contributed by atoms with Crippen molar-refractivity contribution in [1.82, 2.24) is 9.97 Å². The second-order valence-electron chi connectivity index (χ2n) is 3.04. The van der Waals surface area contributed by atoms with E-state index in [1.54, 1.807) is 0 Å². The van der Waals surface area contributed by atoms with Crippen molar-refractivity contribution in [2.24, 2.45) is 0 Å². The van der Waals surface area contributed by atoms with Crippen LogP contribution >= 0.6 is 15.9 Å². The molecule has 0 N–H and O–H groups in total. The molecule has 84 valence electrons. The van der Waals surface area contributed by atoms with Crippen LogP contribution < -0.4 is 4.74 Å². The minimum atomic E-state index is -0.629. The highest BCUT2D eigenvalue weighted by Crippen LogP contribution is 2.22. The largest absolute Gasteiger partial charge is 0.421 e. The van der Waals surface area contributed by atoms with Gasteiger partial charge in [-0.3, -0.25) is 0 Å². The molecule has 0 aliphatic rings.